The first-order valence-corrected chi connectivity index (χ1v) is 8.35. The molecule has 1 N–H and O–H groups in total. The smallest absolute Gasteiger partial charge is 0.175 e. The van der Waals surface area contributed by atoms with Crippen molar-refractivity contribution in [2.45, 2.75) is 24.5 Å². The molecule has 114 valence electrons. The monoisotopic (exact) mass is 310 g/mol. The Morgan fingerprint density at radius 3 is 2.43 bits per heavy atom. The van der Waals surface area contributed by atoms with Crippen molar-refractivity contribution in [1.29, 1.82) is 0 Å². The van der Waals surface area contributed by atoms with Crippen LogP contribution < -0.4 is 4.74 Å². The predicted octanol–water partition coefficient (Wildman–Crippen LogP) is 1.40. The molecule has 2 aromatic rings. The van der Waals surface area contributed by atoms with Gasteiger partial charge in [-0.2, -0.15) is 5.10 Å². The van der Waals surface area contributed by atoms with E-state index >= 15 is 0 Å². The van der Waals surface area contributed by atoms with Crippen LogP contribution in [-0.4, -0.2) is 36.7 Å². The molecule has 0 aliphatic carbocycles. The van der Waals surface area contributed by atoms with Crippen molar-refractivity contribution in [3.63, 3.8) is 0 Å². The van der Waals surface area contributed by atoms with Crippen molar-refractivity contribution in [2.24, 2.45) is 0 Å². The highest BCUT2D eigenvalue weighted by molar-refractivity contribution is 7.90. The molecule has 0 radical (unpaired) electrons. The number of benzene rings is 1. The lowest BCUT2D eigenvalue weighted by atomic mass is 10.1. The molecule has 2 rings (SSSR count). The third-order valence-corrected chi connectivity index (χ3v) is 4.38. The van der Waals surface area contributed by atoms with Crippen molar-refractivity contribution in [1.82, 2.24) is 9.78 Å². The zero-order valence-corrected chi connectivity index (χ0v) is 13.0. The summed E-state index contributed by atoms with van der Waals surface area (Å²) in [5, 5.41) is 14.7. The third kappa shape index (κ3) is 3.08. The Hall–Kier alpha value is -1.86. The van der Waals surface area contributed by atoms with E-state index in [0.717, 1.165) is 6.26 Å². The summed E-state index contributed by atoms with van der Waals surface area (Å²) in [5.41, 5.74) is 1.13. The lowest BCUT2D eigenvalue weighted by Gasteiger charge is -2.15. The van der Waals surface area contributed by atoms with Gasteiger partial charge in [-0.3, -0.25) is 4.68 Å². The molecule has 0 fully saturated rings. The Morgan fingerprint density at radius 1 is 1.33 bits per heavy atom. The number of aliphatic hydroxyl groups excluding tert-OH is 1. The van der Waals surface area contributed by atoms with Crippen molar-refractivity contribution < 1.29 is 18.3 Å². The van der Waals surface area contributed by atoms with E-state index in [1.54, 1.807) is 23.0 Å². The first kappa shape index (κ1) is 15.5. The van der Waals surface area contributed by atoms with Crippen molar-refractivity contribution >= 4 is 9.84 Å². The normalized spacial score (nSPS) is 13.1. The maximum Gasteiger partial charge on any atom is 0.175 e. The minimum absolute atomic E-state index is 0.217. The van der Waals surface area contributed by atoms with E-state index in [1.807, 2.05) is 6.92 Å². The Bertz CT molecular complexity index is 698. The Labute approximate surface area is 123 Å². The number of aryl methyl sites for hydroxylation is 1. The van der Waals surface area contributed by atoms with E-state index in [9.17, 15) is 13.5 Å². The van der Waals surface area contributed by atoms with Crippen LogP contribution in [0.2, 0.25) is 0 Å². The number of rotatable bonds is 5. The second-order valence-corrected chi connectivity index (χ2v) is 6.67. The van der Waals surface area contributed by atoms with Crippen LogP contribution >= 0.6 is 0 Å². The average Bonchev–Trinajstić information content (AvgIpc) is 2.88. The van der Waals surface area contributed by atoms with Gasteiger partial charge in [-0.15, -0.1) is 0 Å². The molecule has 0 amide bonds. The highest BCUT2D eigenvalue weighted by Gasteiger charge is 2.21. The fourth-order valence-electron chi connectivity index (χ4n) is 2.12. The van der Waals surface area contributed by atoms with Crippen molar-refractivity contribution in [3.05, 3.63) is 41.7 Å². The van der Waals surface area contributed by atoms with Gasteiger partial charge in [0.05, 0.1) is 18.2 Å². The Morgan fingerprint density at radius 2 is 1.95 bits per heavy atom. The topological polar surface area (TPSA) is 81.4 Å². The number of ether oxygens (including phenoxy) is 1. The molecule has 0 saturated carbocycles. The van der Waals surface area contributed by atoms with E-state index in [-0.39, 0.29) is 4.90 Å². The maximum absolute atomic E-state index is 11.4. The molecule has 1 atom stereocenters. The van der Waals surface area contributed by atoms with Crippen LogP contribution in [0.4, 0.5) is 0 Å². The van der Waals surface area contributed by atoms with Crippen LogP contribution in [0.1, 0.15) is 24.3 Å². The summed E-state index contributed by atoms with van der Waals surface area (Å²) in [4.78, 5) is 0.217. The lowest BCUT2D eigenvalue weighted by molar-refractivity contribution is 0.202. The molecule has 1 unspecified atom stereocenters. The number of aromatic nitrogens is 2. The van der Waals surface area contributed by atoms with Gasteiger partial charge in [-0.25, -0.2) is 8.42 Å². The predicted molar refractivity (Wildman–Crippen MR) is 78.1 cm³/mol. The van der Waals surface area contributed by atoms with Crippen molar-refractivity contribution in [2.75, 3.05) is 13.4 Å². The zero-order chi connectivity index (χ0) is 15.6. The van der Waals surface area contributed by atoms with Gasteiger partial charge < -0.3 is 9.84 Å². The summed E-state index contributed by atoms with van der Waals surface area (Å²) in [6.45, 7) is 2.51. The number of methoxy groups -OCH3 is 1. The van der Waals surface area contributed by atoms with Crippen LogP contribution in [0.3, 0.4) is 0 Å². The minimum atomic E-state index is -3.25. The number of nitrogens with zero attached hydrogens (tertiary/aromatic N) is 2. The third-order valence-electron chi connectivity index (χ3n) is 3.25. The van der Waals surface area contributed by atoms with Gasteiger partial charge in [0, 0.05) is 12.8 Å². The van der Waals surface area contributed by atoms with Gasteiger partial charge in [0.2, 0.25) is 0 Å². The SMILES string of the molecule is CCn1ncc(OC)c1C(O)c1ccc(S(C)(=O)=O)cc1. The number of aliphatic hydroxyl groups is 1. The molecule has 7 heteroatoms. The Balaban J connectivity index is 2.40. The van der Waals surface area contributed by atoms with E-state index in [2.05, 4.69) is 5.10 Å². The molecule has 0 spiro atoms. The van der Waals surface area contributed by atoms with Crippen LogP contribution in [0, 0.1) is 0 Å². The largest absolute Gasteiger partial charge is 0.493 e. The second-order valence-electron chi connectivity index (χ2n) is 4.66. The standard InChI is InChI=1S/C14H18N2O4S/c1-4-16-13(12(20-2)9-15-16)14(17)10-5-7-11(8-6-10)21(3,18)19/h5-9,14,17H,4H2,1-3H3. The lowest BCUT2D eigenvalue weighted by Crippen LogP contribution is -2.10. The summed E-state index contributed by atoms with van der Waals surface area (Å²) >= 11 is 0. The molecule has 1 aromatic carbocycles. The molecular weight excluding hydrogens is 292 g/mol. The fraction of sp³-hybridized carbons (Fsp3) is 0.357. The van der Waals surface area contributed by atoms with Gasteiger partial charge >= 0.3 is 0 Å². The maximum atomic E-state index is 11.4. The molecule has 1 aromatic heterocycles. The fourth-order valence-corrected chi connectivity index (χ4v) is 2.75. The average molecular weight is 310 g/mol. The molecule has 0 aliphatic rings. The summed E-state index contributed by atoms with van der Waals surface area (Å²) in [7, 11) is -1.73. The molecule has 0 bridgehead atoms. The molecule has 21 heavy (non-hydrogen) atoms. The second kappa shape index (κ2) is 5.87. The first-order chi connectivity index (χ1) is 9.88. The summed E-state index contributed by atoms with van der Waals surface area (Å²) in [6.07, 6.45) is 1.76. The quantitative estimate of drug-likeness (QED) is 0.902. The van der Waals surface area contributed by atoms with Gasteiger partial charge in [0.25, 0.3) is 0 Å². The minimum Gasteiger partial charge on any atom is -0.493 e. The van der Waals surface area contributed by atoms with Gasteiger partial charge in [0.1, 0.15) is 11.8 Å². The van der Waals surface area contributed by atoms with Gasteiger partial charge in [-0.05, 0) is 24.6 Å². The van der Waals surface area contributed by atoms with Crippen molar-refractivity contribution in [3.8, 4) is 5.75 Å². The number of sulfone groups is 1. The summed E-state index contributed by atoms with van der Waals surface area (Å²) < 4.78 is 29.7. The van der Waals surface area contributed by atoms with Gasteiger partial charge in [0.15, 0.2) is 15.6 Å². The zero-order valence-electron chi connectivity index (χ0n) is 12.1. The molecule has 6 nitrogen and oxygen atoms in total. The van der Waals surface area contributed by atoms with E-state index in [0.29, 0.717) is 23.6 Å². The summed E-state index contributed by atoms with van der Waals surface area (Å²) in [6, 6.07) is 6.14. The number of hydrogen-bond acceptors (Lipinski definition) is 5. The Kier molecular flexibility index (Phi) is 4.34. The van der Waals surface area contributed by atoms with Crippen LogP contribution in [0.15, 0.2) is 35.4 Å². The van der Waals surface area contributed by atoms with Gasteiger partial charge in [-0.1, -0.05) is 12.1 Å². The highest BCUT2D eigenvalue weighted by Crippen LogP contribution is 2.30. The first-order valence-electron chi connectivity index (χ1n) is 6.46. The highest BCUT2D eigenvalue weighted by atomic mass is 32.2. The summed E-state index contributed by atoms with van der Waals surface area (Å²) in [5.74, 6) is 0.497. The van der Waals surface area contributed by atoms with E-state index in [1.165, 1.54) is 19.2 Å². The molecule has 1 heterocycles. The van der Waals surface area contributed by atoms with Crippen LogP contribution in [0.5, 0.6) is 5.75 Å². The van der Waals surface area contributed by atoms with Crippen LogP contribution in [-0.2, 0) is 16.4 Å². The molecule has 0 aliphatic heterocycles. The molecular formula is C14H18N2O4S. The number of hydrogen-bond donors (Lipinski definition) is 1. The van der Waals surface area contributed by atoms with Crippen LogP contribution in [0.25, 0.3) is 0 Å². The van der Waals surface area contributed by atoms with E-state index in [4.69, 9.17) is 4.74 Å². The molecule has 0 saturated heterocycles. The van der Waals surface area contributed by atoms with E-state index < -0.39 is 15.9 Å².